The third kappa shape index (κ3) is 2.59. The second kappa shape index (κ2) is 6.15. The summed E-state index contributed by atoms with van der Waals surface area (Å²) in [4.78, 5) is 2.02. The average molecular weight is 294 g/mol. The van der Waals surface area contributed by atoms with Crippen molar-refractivity contribution in [1.29, 1.82) is 0 Å². The van der Waals surface area contributed by atoms with E-state index in [1.165, 1.54) is 0 Å². The summed E-state index contributed by atoms with van der Waals surface area (Å²) in [6.45, 7) is 2.01. The van der Waals surface area contributed by atoms with Crippen molar-refractivity contribution in [2.45, 2.75) is 13.0 Å². The molecule has 0 spiro atoms. The smallest absolute Gasteiger partial charge is 0.203 e. The number of thiophene rings is 1. The van der Waals surface area contributed by atoms with Crippen molar-refractivity contribution in [3.63, 3.8) is 0 Å². The van der Waals surface area contributed by atoms with Crippen LogP contribution in [0.1, 0.15) is 21.4 Å². The number of benzene rings is 1. The lowest BCUT2D eigenvalue weighted by Crippen LogP contribution is -2.03. The van der Waals surface area contributed by atoms with Crippen molar-refractivity contribution in [3.8, 4) is 17.2 Å². The minimum absolute atomic E-state index is 0.486. The van der Waals surface area contributed by atoms with Gasteiger partial charge in [0.25, 0.3) is 0 Å². The molecule has 1 atom stereocenters. The quantitative estimate of drug-likeness (QED) is 0.920. The maximum absolute atomic E-state index is 10.5. The van der Waals surface area contributed by atoms with Crippen LogP contribution in [0.5, 0.6) is 17.2 Å². The van der Waals surface area contributed by atoms with Gasteiger partial charge in [-0.25, -0.2) is 0 Å². The summed E-state index contributed by atoms with van der Waals surface area (Å²) in [5, 5.41) is 10.5. The molecule has 0 saturated heterocycles. The predicted molar refractivity (Wildman–Crippen MR) is 79.2 cm³/mol. The zero-order chi connectivity index (χ0) is 14.7. The van der Waals surface area contributed by atoms with Crippen LogP contribution >= 0.6 is 11.3 Å². The average Bonchev–Trinajstić information content (AvgIpc) is 2.91. The molecule has 0 bridgehead atoms. The van der Waals surface area contributed by atoms with E-state index in [2.05, 4.69) is 0 Å². The Morgan fingerprint density at radius 1 is 0.950 bits per heavy atom. The maximum atomic E-state index is 10.5. The highest BCUT2D eigenvalue weighted by atomic mass is 32.1. The fraction of sp³-hybridized carbons (Fsp3) is 0.333. The van der Waals surface area contributed by atoms with Crippen molar-refractivity contribution in [3.05, 3.63) is 39.6 Å². The third-order valence-electron chi connectivity index (χ3n) is 3.06. The summed E-state index contributed by atoms with van der Waals surface area (Å²) in [7, 11) is 4.66. The lowest BCUT2D eigenvalue weighted by atomic mass is 10.1. The molecule has 1 N–H and O–H groups in total. The number of ether oxygens (including phenoxy) is 3. The second-order valence-corrected chi connectivity index (χ2v) is 5.59. The van der Waals surface area contributed by atoms with Crippen LogP contribution in [-0.4, -0.2) is 26.4 Å². The van der Waals surface area contributed by atoms with Gasteiger partial charge in [-0.1, -0.05) is 0 Å². The molecule has 0 aliphatic rings. The SMILES string of the molecule is COc1ccc(C(O)c2ccc(C)s2)c(OC)c1OC. The van der Waals surface area contributed by atoms with Gasteiger partial charge in [-0.3, -0.25) is 0 Å². The lowest BCUT2D eigenvalue weighted by Gasteiger charge is -2.18. The van der Waals surface area contributed by atoms with Gasteiger partial charge in [0, 0.05) is 15.3 Å². The highest BCUT2D eigenvalue weighted by Crippen LogP contribution is 2.44. The van der Waals surface area contributed by atoms with Gasteiger partial charge in [0.2, 0.25) is 5.75 Å². The molecule has 0 aliphatic heterocycles. The number of aliphatic hydroxyl groups excluding tert-OH is 1. The summed E-state index contributed by atoms with van der Waals surface area (Å²) in [6, 6.07) is 7.46. The Labute approximate surface area is 122 Å². The van der Waals surface area contributed by atoms with Gasteiger partial charge in [0.15, 0.2) is 11.5 Å². The molecule has 20 heavy (non-hydrogen) atoms. The molecule has 0 fully saturated rings. The van der Waals surface area contributed by atoms with E-state index in [0.717, 1.165) is 9.75 Å². The lowest BCUT2D eigenvalue weighted by molar-refractivity contribution is 0.216. The van der Waals surface area contributed by atoms with Crippen LogP contribution < -0.4 is 14.2 Å². The van der Waals surface area contributed by atoms with E-state index in [-0.39, 0.29) is 0 Å². The maximum Gasteiger partial charge on any atom is 0.203 e. The van der Waals surface area contributed by atoms with Crippen LogP contribution in [0.25, 0.3) is 0 Å². The molecule has 2 rings (SSSR count). The van der Waals surface area contributed by atoms with E-state index in [0.29, 0.717) is 22.8 Å². The summed E-state index contributed by atoms with van der Waals surface area (Å²) >= 11 is 1.56. The summed E-state index contributed by atoms with van der Waals surface area (Å²) in [6.07, 6.45) is -0.747. The molecule has 1 aromatic carbocycles. The molecular weight excluding hydrogens is 276 g/mol. The molecule has 1 unspecified atom stereocenters. The Morgan fingerprint density at radius 2 is 1.65 bits per heavy atom. The van der Waals surface area contributed by atoms with Crippen molar-refractivity contribution in [2.24, 2.45) is 0 Å². The van der Waals surface area contributed by atoms with Gasteiger partial charge < -0.3 is 19.3 Å². The van der Waals surface area contributed by atoms with E-state index in [1.807, 2.05) is 19.1 Å². The molecule has 2 aromatic rings. The molecule has 4 nitrogen and oxygen atoms in total. The van der Waals surface area contributed by atoms with Crippen molar-refractivity contribution in [2.75, 3.05) is 21.3 Å². The van der Waals surface area contributed by atoms with E-state index in [4.69, 9.17) is 14.2 Å². The van der Waals surface area contributed by atoms with Crippen LogP contribution in [0.15, 0.2) is 24.3 Å². The first-order valence-corrected chi connectivity index (χ1v) is 6.97. The first-order chi connectivity index (χ1) is 9.62. The Hall–Kier alpha value is -1.72. The van der Waals surface area contributed by atoms with E-state index in [9.17, 15) is 5.11 Å². The molecule has 0 saturated carbocycles. The monoisotopic (exact) mass is 294 g/mol. The number of hydrogen-bond donors (Lipinski definition) is 1. The van der Waals surface area contributed by atoms with Crippen LogP contribution in [0.3, 0.4) is 0 Å². The van der Waals surface area contributed by atoms with E-state index in [1.54, 1.807) is 44.8 Å². The fourth-order valence-electron chi connectivity index (χ4n) is 2.09. The topological polar surface area (TPSA) is 47.9 Å². The van der Waals surface area contributed by atoms with Crippen molar-refractivity contribution < 1.29 is 19.3 Å². The van der Waals surface area contributed by atoms with Crippen LogP contribution in [0.2, 0.25) is 0 Å². The molecule has 1 heterocycles. The Kier molecular flexibility index (Phi) is 4.52. The molecule has 0 amide bonds. The molecular formula is C15H18O4S. The first-order valence-electron chi connectivity index (χ1n) is 6.15. The number of rotatable bonds is 5. The third-order valence-corrected chi connectivity index (χ3v) is 4.11. The fourth-order valence-corrected chi connectivity index (χ4v) is 2.98. The van der Waals surface area contributed by atoms with Crippen LogP contribution in [0, 0.1) is 6.92 Å². The summed E-state index contributed by atoms with van der Waals surface area (Å²) in [5.41, 5.74) is 0.659. The van der Waals surface area contributed by atoms with Gasteiger partial charge in [-0.2, -0.15) is 0 Å². The standard InChI is InChI=1S/C15H18O4S/c1-9-5-8-12(20-9)13(16)10-6-7-11(17-2)15(19-4)14(10)18-3/h5-8,13,16H,1-4H3. The van der Waals surface area contributed by atoms with Crippen molar-refractivity contribution in [1.82, 2.24) is 0 Å². The zero-order valence-electron chi connectivity index (χ0n) is 12.0. The Bertz CT molecular complexity index is 592. The summed E-state index contributed by atoms with van der Waals surface area (Å²) < 4.78 is 16.0. The molecule has 0 aliphatic carbocycles. The number of aryl methyl sites for hydroxylation is 1. The van der Waals surface area contributed by atoms with Crippen LogP contribution in [-0.2, 0) is 0 Å². The highest BCUT2D eigenvalue weighted by molar-refractivity contribution is 7.12. The highest BCUT2D eigenvalue weighted by Gasteiger charge is 2.22. The Morgan fingerprint density at radius 3 is 2.15 bits per heavy atom. The van der Waals surface area contributed by atoms with Gasteiger partial charge in [0.05, 0.1) is 21.3 Å². The van der Waals surface area contributed by atoms with Gasteiger partial charge in [-0.15, -0.1) is 11.3 Å². The van der Waals surface area contributed by atoms with E-state index >= 15 is 0 Å². The molecule has 5 heteroatoms. The minimum Gasteiger partial charge on any atom is -0.493 e. The normalized spacial score (nSPS) is 12.1. The number of methoxy groups -OCH3 is 3. The second-order valence-electron chi connectivity index (χ2n) is 4.27. The number of aliphatic hydroxyl groups is 1. The van der Waals surface area contributed by atoms with Gasteiger partial charge in [-0.05, 0) is 31.2 Å². The minimum atomic E-state index is -0.747. The molecule has 108 valence electrons. The number of hydrogen-bond acceptors (Lipinski definition) is 5. The predicted octanol–water partition coefficient (Wildman–Crippen LogP) is 3.16. The van der Waals surface area contributed by atoms with Crippen LogP contribution in [0.4, 0.5) is 0 Å². The summed E-state index contributed by atoms with van der Waals surface area (Å²) in [5.74, 6) is 1.55. The largest absolute Gasteiger partial charge is 0.493 e. The zero-order valence-corrected chi connectivity index (χ0v) is 12.8. The van der Waals surface area contributed by atoms with Gasteiger partial charge in [0.1, 0.15) is 6.10 Å². The van der Waals surface area contributed by atoms with E-state index < -0.39 is 6.10 Å². The first kappa shape index (κ1) is 14.7. The van der Waals surface area contributed by atoms with Gasteiger partial charge >= 0.3 is 0 Å². The Balaban J connectivity index is 2.51. The van der Waals surface area contributed by atoms with Crippen molar-refractivity contribution >= 4 is 11.3 Å². The molecule has 0 radical (unpaired) electrons. The molecule has 1 aromatic heterocycles.